The maximum absolute atomic E-state index is 11.6. The Labute approximate surface area is 111 Å². The highest BCUT2D eigenvalue weighted by Gasteiger charge is 2.41. The van der Waals surface area contributed by atoms with Gasteiger partial charge in [0.05, 0.1) is 24.5 Å². The molecule has 1 N–H and O–H groups in total. The molecule has 0 saturated carbocycles. The third-order valence-corrected chi connectivity index (χ3v) is 3.50. The molecule has 0 bridgehead atoms. The van der Waals surface area contributed by atoms with E-state index in [2.05, 4.69) is 5.32 Å². The van der Waals surface area contributed by atoms with Crippen LogP contribution < -0.4 is 5.32 Å². The van der Waals surface area contributed by atoms with E-state index < -0.39 is 26.3 Å². The van der Waals surface area contributed by atoms with Crippen molar-refractivity contribution in [1.82, 2.24) is 5.32 Å². The van der Waals surface area contributed by atoms with Gasteiger partial charge in [0.15, 0.2) is 0 Å². The number of halogens is 1. The van der Waals surface area contributed by atoms with Crippen LogP contribution in [0, 0.1) is 0 Å². The number of alkyl carbamates (subject to hydrolysis) is 1. The Morgan fingerprint density at radius 3 is 2.33 bits per heavy atom. The van der Waals surface area contributed by atoms with Crippen molar-refractivity contribution in [3.63, 3.8) is 0 Å². The number of carbonyl (C=O) groups excluding carboxylic acids is 1. The second-order valence-corrected chi connectivity index (χ2v) is 8.29. The van der Waals surface area contributed by atoms with Gasteiger partial charge in [0, 0.05) is 10.7 Å². The van der Waals surface area contributed by atoms with Crippen LogP contribution in [0.5, 0.6) is 0 Å². The highest BCUT2D eigenvalue weighted by Crippen LogP contribution is 2.23. The Kier molecular flexibility index (Phi) is 4.51. The molecule has 1 aliphatic rings. The van der Waals surface area contributed by atoms with Gasteiger partial charge in [0.2, 0.25) is 9.05 Å². The van der Waals surface area contributed by atoms with Crippen LogP contribution in [0.1, 0.15) is 27.2 Å². The zero-order chi connectivity index (χ0) is 14.0. The molecule has 1 rings (SSSR count). The highest BCUT2D eigenvalue weighted by molar-refractivity contribution is 8.13. The topological polar surface area (TPSA) is 81.7 Å². The van der Waals surface area contributed by atoms with Gasteiger partial charge in [0.25, 0.3) is 0 Å². The summed E-state index contributed by atoms with van der Waals surface area (Å²) in [5.41, 5.74) is -1.29. The predicted octanol–water partition coefficient (Wildman–Crippen LogP) is 1.24. The molecule has 0 spiro atoms. The number of hydrogen-bond donors (Lipinski definition) is 1. The smallest absolute Gasteiger partial charge is 0.408 e. The van der Waals surface area contributed by atoms with Crippen molar-refractivity contribution in [3.05, 3.63) is 0 Å². The molecular formula is C10H18ClNO5S. The lowest BCUT2D eigenvalue weighted by Crippen LogP contribution is -2.63. The van der Waals surface area contributed by atoms with Crippen molar-refractivity contribution in [2.75, 3.05) is 19.0 Å². The predicted molar refractivity (Wildman–Crippen MR) is 67.2 cm³/mol. The highest BCUT2D eigenvalue weighted by atomic mass is 35.7. The van der Waals surface area contributed by atoms with Crippen LogP contribution in [-0.4, -0.2) is 44.6 Å². The van der Waals surface area contributed by atoms with E-state index in [9.17, 15) is 13.2 Å². The molecule has 0 atom stereocenters. The van der Waals surface area contributed by atoms with Crippen LogP contribution in [0.3, 0.4) is 0 Å². The van der Waals surface area contributed by atoms with Crippen molar-refractivity contribution < 1.29 is 22.7 Å². The number of nitrogens with one attached hydrogen (secondary N) is 1. The molecular weight excluding hydrogens is 282 g/mol. The fraction of sp³-hybridized carbons (Fsp3) is 0.900. The second kappa shape index (κ2) is 5.22. The van der Waals surface area contributed by atoms with E-state index in [0.717, 1.165) is 0 Å². The molecule has 1 amide bonds. The maximum Gasteiger partial charge on any atom is 0.408 e. The summed E-state index contributed by atoms with van der Waals surface area (Å²) in [6.45, 7) is 5.77. The monoisotopic (exact) mass is 299 g/mol. The second-order valence-electron chi connectivity index (χ2n) is 5.39. The van der Waals surface area contributed by atoms with E-state index in [0.29, 0.717) is 0 Å². The van der Waals surface area contributed by atoms with Gasteiger partial charge in [-0.2, -0.15) is 0 Å². The lowest BCUT2D eigenvalue weighted by atomic mass is 9.94. The molecule has 1 fully saturated rings. The van der Waals surface area contributed by atoms with Crippen LogP contribution in [0.15, 0.2) is 0 Å². The molecule has 1 heterocycles. The quantitative estimate of drug-likeness (QED) is 0.790. The molecule has 6 nitrogen and oxygen atoms in total. The largest absolute Gasteiger partial charge is 0.444 e. The molecule has 0 aromatic carbocycles. The summed E-state index contributed by atoms with van der Waals surface area (Å²) in [6, 6.07) is 0. The summed E-state index contributed by atoms with van der Waals surface area (Å²) in [4.78, 5) is 11.6. The summed E-state index contributed by atoms with van der Waals surface area (Å²) >= 11 is 0. The van der Waals surface area contributed by atoms with Crippen molar-refractivity contribution >= 4 is 25.8 Å². The molecule has 0 unspecified atom stereocenters. The minimum Gasteiger partial charge on any atom is -0.444 e. The Morgan fingerprint density at radius 2 is 2.00 bits per heavy atom. The van der Waals surface area contributed by atoms with Crippen molar-refractivity contribution in [1.29, 1.82) is 0 Å². The van der Waals surface area contributed by atoms with Crippen molar-refractivity contribution in [2.24, 2.45) is 0 Å². The molecule has 8 heteroatoms. The first-order valence-electron chi connectivity index (χ1n) is 5.53. The van der Waals surface area contributed by atoms with Gasteiger partial charge in [-0.1, -0.05) is 0 Å². The Hall–Kier alpha value is -0.530. The fourth-order valence-corrected chi connectivity index (χ4v) is 2.33. The summed E-state index contributed by atoms with van der Waals surface area (Å²) in [5, 5.41) is 2.65. The number of rotatable bonds is 4. The first-order chi connectivity index (χ1) is 8.02. The standard InChI is InChI=1S/C10H18ClNO5S/c1-9(2,3)17-8(13)12-10(6-16-7-10)4-5-18(11,14)15/h4-7H2,1-3H3,(H,12,13). The molecule has 0 aromatic heterocycles. The van der Waals surface area contributed by atoms with Crippen molar-refractivity contribution in [2.45, 2.75) is 38.3 Å². The molecule has 18 heavy (non-hydrogen) atoms. The SMILES string of the molecule is CC(C)(C)OC(=O)NC1(CCS(=O)(=O)Cl)COC1. The first-order valence-corrected chi connectivity index (χ1v) is 8.01. The Bertz CT molecular complexity index is 410. The molecule has 0 radical (unpaired) electrons. The lowest BCUT2D eigenvalue weighted by Gasteiger charge is -2.42. The summed E-state index contributed by atoms with van der Waals surface area (Å²) in [5.74, 6) is -0.215. The van der Waals surface area contributed by atoms with Crippen LogP contribution in [0.2, 0.25) is 0 Å². The zero-order valence-electron chi connectivity index (χ0n) is 10.7. The number of hydrogen-bond acceptors (Lipinski definition) is 5. The Morgan fingerprint density at radius 1 is 1.44 bits per heavy atom. The van der Waals surface area contributed by atoms with Crippen LogP contribution in [0.4, 0.5) is 4.79 Å². The molecule has 1 aliphatic heterocycles. The van der Waals surface area contributed by atoms with Crippen LogP contribution >= 0.6 is 10.7 Å². The van der Waals surface area contributed by atoms with Crippen LogP contribution in [-0.2, 0) is 18.5 Å². The van der Waals surface area contributed by atoms with Gasteiger partial charge < -0.3 is 14.8 Å². The zero-order valence-corrected chi connectivity index (χ0v) is 12.2. The Balaban J connectivity index is 2.53. The third kappa shape index (κ3) is 5.41. The van der Waals surface area contributed by atoms with Gasteiger partial charge in [-0.3, -0.25) is 0 Å². The van der Waals surface area contributed by atoms with Gasteiger partial charge in [0.1, 0.15) is 5.60 Å². The summed E-state index contributed by atoms with van der Waals surface area (Å²) in [6.07, 6.45) is -0.379. The molecule has 0 aliphatic carbocycles. The molecule has 106 valence electrons. The first kappa shape index (κ1) is 15.5. The van der Waals surface area contributed by atoms with E-state index in [1.807, 2.05) is 0 Å². The van der Waals surface area contributed by atoms with E-state index in [4.69, 9.17) is 20.2 Å². The van der Waals surface area contributed by atoms with E-state index in [1.165, 1.54) is 0 Å². The lowest BCUT2D eigenvalue weighted by molar-refractivity contribution is -0.0768. The number of ether oxygens (including phenoxy) is 2. The maximum atomic E-state index is 11.6. The fourth-order valence-electron chi connectivity index (χ4n) is 1.46. The molecule has 1 saturated heterocycles. The average molecular weight is 300 g/mol. The number of amides is 1. The number of carbonyl (C=O) groups is 1. The summed E-state index contributed by atoms with van der Waals surface area (Å²) < 4.78 is 32.0. The van der Waals surface area contributed by atoms with E-state index >= 15 is 0 Å². The van der Waals surface area contributed by atoms with Gasteiger partial charge in [-0.05, 0) is 27.2 Å². The van der Waals surface area contributed by atoms with E-state index in [1.54, 1.807) is 20.8 Å². The average Bonchev–Trinajstić information content (AvgIpc) is 2.04. The molecule has 0 aromatic rings. The van der Waals surface area contributed by atoms with Gasteiger partial charge in [-0.15, -0.1) is 0 Å². The van der Waals surface area contributed by atoms with Crippen LogP contribution in [0.25, 0.3) is 0 Å². The minimum atomic E-state index is -3.58. The normalized spacial score (nSPS) is 18.9. The van der Waals surface area contributed by atoms with Crippen molar-refractivity contribution in [3.8, 4) is 0 Å². The van der Waals surface area contributed by atoms with Gasteiger partial charge >= 0.3 is 6.09 Å². The summed E-state index contributed by atoms with van der Waals surface area (Å²) in [7, 11) is 1.57. The van der Waals surface area contributed by atoms with Gasteiger partial charge in [-0.25, -0.2) is 13.2 Å². The minimum absolute atomic E-state index is 0.206. The van der Waals surface area contributed by atoms with E-state index in [-0.39, 0.29) is 25.4 Å². The third-order valence-electron chi connectivity index (χ3n) is 2.35.